The first-order chi connectivity index (χ1) is 7.61. The first-order valence-corrected chi connectivity index (χ1v) is 5.69. The van der Waals surface area contributed by atoms with Gasteiger partial charge in [-0.2, -0.15) is 4.98 Å². The van der Waals surface area contributed by atoms with Gasteiger partial charge in [-0.05, 0) is 25.3 Å². The van der Waals surface area contributed by atoms with Crippen molar-refractivity contribution in [2.75, 3.05) is 24.3 Å². The van der Waals surface area contributed by atoms with Crippen molar-refractivity contribution in [2.24, 2.45) is 5.92 Å². The van der Waals surface area contributed by atoms with Gasteiger partial charge in [0.25, 0.3) is 0 Å². The first kappa shape index (κ1) is 11.0. The summed E-state index contributed by atoms with van der Waals surface area (Å²) in [4.78, 5) is 6.70. The molecule has 4 nitrogen and oxygen atoms in total. The number of rotatable bonds is 2. The van der Waals surface area contributed by atoms with Crippen molar-refractivity contribution in [3.8, 4) is 5.88 Å². The molecule has 1 aromatic heterocycles. The molecule has 0 saturated carbocycles. The molecule has 4 heteroatoms. The predicted molar refractivity (Wildman–Crippen MR) is 65.8 cm³/mol. The Balaban J connectivity index is 2.32. The van der Waals surface area contributed by atoms with Gasteiger partial charge in [0.1, 0.15) is 0 Å². The van der Waals surface area contributed by atoms with E-state index in [1.54, 1.807) is 13.2 Å². The van der Waals surface area contributed by atoms with Crippen molar-refractivity contribution >= 4 is 11.5 Å². The molecule has 2 unspecified atom stereocenters. The Morgan fingerprint density at radius 2 is 2.19 bits per heavy atom. The van der Waals surface area contributed by atoms with Gasteiger partial charge in [-0.25, -0.2) is 0 Å². The highest BCUT2D eigenvalue weighted by molar-refractivity contribution is 5.64. The van der Waals surface area contributed by atoms with Crippen molar-refractivity contribution in [1.29, 1.82) is 0 Å². The number of nitrogens with two attached hydrogens (primary N) is 1. The molecule has 2 N–H and O–H groups in total. The molecule has 1 aliphatic rings. The van der Waals surface area contributed by atoms with Crippen molar-refractivity contribution < 1.29 is 4.74 Å². The van der Waals surface area contributed by atoms with Crippen molar-refractivity contribution in [3.63, 3.8) is 0 Å². The molecular weight excluding hydrogens is 202 g/mol. The Labute approximate surface area is 96.4 Å². The zero-order valence-electron chi connectivity index (χ0n) is 10.1. The largest absolute Gasteiger partial charge is 0.481 e. The van der Waals surface area contributed by atoms with Gasteiger partial charge in [0.15, 0.2) is 5.82 Å². The molecule has 0 spiro atoms. The summed E-state index contributed by atoms with van der Waals surface area (Å²) in [6.45, 7) is 5.49. The van der Waals surface area contributed by atoms with Gasteiger partial charge in [-0.15, -0.1) is 0 Å². The van der Waals surface area contributed by atoms with Crippen LogP contribution < -0.4 is 15.4 Å². The molecule has 0 aromatic carbocycles. The topological polar surface area (TPSA) is 51.4 Å². The summed E-state index contributed by atoms with van der Waals surface area (Å²) in [6, 6.07) is 4.15. The Hall–Kier alpha value is -1.45. The second-order valence-electron chi connectivity index (χ2n) is 4.61. The zero-order chi connectivity index (χ0) is 11.7. The van der Waals surface area contributed by atoms with Gasteiger partial charge < -0.3 is 15.4 Å². The van der Waals surface area contributed by atoms with E-state index in [-0.39, 0.29) is 0 Å². The third-order valence-electron chi connectivity index (χ3n) is 3.14. The number of hydrogen-bond donors (Lipinski definition) is 1. The lowest BCUT2D eigenvalue weighted by Gasteiger charge is -2.24. The maximum absolute atomic E-state index is 5.97. The Morgan fingerprint density at radius 1 is 1.44 bits per heavy atom. The molecule has 0 bridgehead atoms. The van der Waals surface area contributed by atoms with Gasteiger partial charge in [0.2, 0.25) is 5.88 Å². The number of aromatic nitrogens is 1. The van der Waals surface area contributed by atoms with Gasteiger partial charge in [-0.1, -0.05) is 6.92 Å². The molecule has 0 radical (unpaired) electrons. The van der Waals surface area contributed by atoms with Crippen LogP contribution >= 0.6 is 0 Å². The zero-order valence-corrected chi connectivity index (χ0v) is 10.1. The summed E-state index contributed by atoms with van der Waals surface area (Å²) in [5, 5.41) is 0. The van der Waals surface area contributed by atoms with E-state index in [1.165, 1.54) is 6.42 Å². The summed E-state index contributed by atoms with van der Waals surface area (Å²) in [5.74, 6) is 2.18. The average molecular weight is 221 g/mol. The Kier molecular flexibility index (Phi) is 2.90. The van der Waals surface area contributed by atoms with Crippen molar-refractivity contribution in [1.82, 2.24) is 4.98 Å². The Bertz CT molecular complexity index is 381. The highest BCUT2D eigenvalue weighted by Gasteiger charge is 2.28. The van der Waals surface area contributed by atoms with Crippen LogP contribution in [-0.2, 0) is 0 Å². The smallest absolute Gasteiger partial charge is 0.215 e. The summed E-state index contributed by atoms with van der Waals surface area (Å²) in [6.07, 6.45) is 1.19. The molecule has 2 heterocycles. The van der Waals surface area contributed by atoms with Crippen LogP contribution in [0.15, 0.2) is 12.1 Å². The third kappa shape index (κ3) is 1.92. The molecule has 16 heavy (non-hydrogen) atoms. The lowest BCUT2D eigenvalue weighted by molar-refractivity contribution is 0.398. The molecule has 0 amide bonds. The van der Waals surface area contributed by atoms with Crippen LogP contribution in [0.2, 0.25) is 0 Å². The molecule has 1 aliphatic heterocycles. The summed E-state index contributed by atoms with van der Waals surface area (Å²) < 4.78 is 5.14. The van der Waals surface area contributed by atoms with Crippen molar-refractivity contribution in [2.45, 2.75) is 26.3 Å². The molecule has 88 valence electrons. The summed E-state index contributed by atoms with van der Waals surface area (Å²) in [5.41, 5.74) is 6.70. The van der Waals surface area contributed by atoms with E-state index < -0.39 is 0 Å². The summed E-state index contributed by atoms with van der Waals surface area (Å²) in [7, 11) is 1.62. The highest BCUT2D eigenvalue weighted by atomic mass is 16.5. The number of nitrogen functional groups attached to an aromatic ring is 1. The van der Waals surface area contributed by atoms with Crippen LogP contribution in [0.25, 0.3) is 0 Å². The first-order valence-electron chi connectivity index (χ1n) is 5.69. The van der Waals surface area contributed by atoms with Crippen molar-refractivity contribution in [3.05, 3.63) is 12.1 Å². The fraction of sp³-hybridized carbons (Fsp3) is 0.583. The third-order valence-corrected chi connectivity index (χ3v) is 3.14. The summed E-state index contributed by atoms with van der Waals surface area (Å²) >= 11 is 0. The van der Waals surface area contributed by atoms with E-state index in [2.05, 4.69) is 23.7 Å². The minimum atomic E-state index is 0.497. The average Bonchev–Trinajstić information content (AvgIpc) is 2.58. The monoisotopic (exact) mass is 221 g/mol. The molecule has 1 saturated heterocycles. The van der Waals surface area contributed by atoms with Crippen LogP contribution in [0.4, 0.5) is 11.5 Å². The lowest BCUT2D eigenvalue weighted by atomic mass is 10.1. The maximum Gasteiger partial charge on any atom is 0.215 e. The minimum absolute atomic E-state index is 0.497. The normalized spacial score (nSPS) is 24.8. The van der Waals surface area contributed by atoms with Gasteiger partial charge >= 0.3 is 0 Å². The SMILES string of the molecule is COc1ccc(N)c(N2CC(C)CC2C)n1. The molecule has 0 aliphatic carbocycles. The lowest BCUT2D eigenvalue weighted by Crippen LogP contribution is -2.28. The van der Waals surface area contributed by atoms with Gasteiger partial charge in [0.05, 0.1) is 12.8 Å². The van der Waals surface area contributed by atoms with Crippen LogP contribution in [0.3, 0.4) is 0 Å². The number of methoxy groups -OCH3 is 1. The molecule has 2 atom stereocenters. The number of pyridine rings is 1. The fourth-order valence-electron chi connectivity index (χ4n) is 2.38. The number of hydrogen-bond acceptors (Lipinski definition) is 4. The van der Waals surface area contributed by atoms with Gasteiger partial charge in [0, 0.05) is 18.7 Å². The van der Waals surface area contributed by atoms with E-state index in [0.29, 0.717) is 17.8 Å². The second kappa shape index (κ2) is 4.20. The quantitative estimate of drug-likeness (QED) is 0.828. The minimum Gasteiger partial charge on any atom is -0.481 e. The predicted octanol–water partition coefficient (Wildman–Crippen LogP) is 1.91. The molecular formula is C12H19N3O. The van der Waals surface area contributed by atoms with E-state index >= 15 is 0 Å². The standard InChI is InChI=1S/C12H19N3O/c1-8-6-9(2)15(7-8)12-10(13)4-5-11(14-12)16-3/h4-5,8-9H,6-7,13H2,1-3H3. The van der Waals surface area contributed by atoms with E-state index in [1.807, 2.05) is 6.07 Å². The van der Waals surface area contributed by atoms with Crippen LogP contribution in [0, 0.1) is 5.92 Å². The number of nitrogens with zero attached hydrogens (tertiary/aromatic N) is 2. The van der Waals surface area contributed by atoms with E-state index in [9.17, 15) is 0 Å². The number of anilines is 2. The van der Waals surface area contributed by atoms with E-state index in [4.69, 9.17) is 10.5 Å². The van der Waals surface area contributed by atoms with Crippen LogP contribution in [0.5, 0.6) is 5.88 Å². The number of ether oxygens (including phenoxy) is 1. The molecule has 2 rings (SSSR count). The fourth-order valence-corrected chi connectivity index (χ4v) is 2.38. The van der Waals surface area contributed by atoms with E-state index in [0.717, 1.165) is 18.1 Å². The molecule has 1 aromatic rings. The van der Waals surface area contributed by atoms with Crippen LogP contribution in [-0.4, -0.2) is 24.7 Å². The highest BCUT2D eigenvalue weighted by Crippen LogP contribution is 2.32. The Morgan fingerprint density at radius 3 is 2.75 bits per heavy atom. The van der Waals surface area contributed by atoms with Gasteiger partial charge in [-0.3, -0.25) is 0 Å². The van der Waals surface area contributed by atoms with Crippen LogP contribution in [0.1, 0.15) is 20.3 Å². The second-order valence-corrected chi connectivity index (χ2v) is 4.61. The maximum atomic E-state index is 5.97. The molecule has 1 fully saturated rings.